The highest BCUT2D eigenvalue weighted by molar-refractivity contribution is 5.83. The van der Waals surface area contributed by atoms with E-state index >= 15 is 0 Å². The van der Waals surface area contributed by atoms with Gasteiger partial charge < -0.3 is 10.2 Å². The molecule has 2 heterocycles. The van der Waals surface area contributed by atoms with Gasteiger partial charge in [0.2, 0.25) is 5.91 Å². The number of benzene rings is 1. The van der Waals surface area contributed by atoms with E-state index in [4.69, 9.17) is 0 Å². The normalized spacial score (nSPS) is 18.4. The molecule has 2 atom stereocenters. The Hall–Kier alpha value is -2.57. The van der Waals surface area contributed by atoms with Gasteiger partial charge in [0.25, 0.3) is 0 Å². The number of nitrogens with one attached hydrogen (secondary N) is 1. The van der Waals surface area contributed by atoms with Crippen molar-refractivity contribution in [3.8, 4) is 0 Å². The highest BCUT2D eigenvalue weighted by Crippen LogP contribution is 2.30. The average molecular weight is 377 g/mol. The third kappa shape index (κ3) is 4.59. The van der Waals surface area contributed by atoms with Crippen LogP contribution in [-0.4, -0.2) is 30.0 Å². The van der Waals surface area contributed by atoms with Crippen LogP contribution in [0.15, 0.2) is 42.6 Å². The van der Waals surface area contributed by atoms with Gasteiger partial charge in [0.1, 0.15) is 0 Å². The second kappa shape index (κ2) is 7.58. The maximum absolute atomic E-state index is 12.7. The van der Waals surface area contributed by atoms with E-state index < -0.39 is 17.7 Å². The zero-order valence-electron chi connectivity index (χ0n) is 15.3. The zero-order chi connectivity index (χ0) is 19.6. The molecular weight excluding hydrogens is 355 g/mol. The molecule has 2 aromatic rings. The van der Waals surface area contributed by atoms with Crippen molar-refractivity contribution in [2.24, 2.45) is 0 Å². The largest absolute Gasteiger partial charge is 0.416 e. The van der Waals surface area contributed by atoms with Gasteiger partial charge in [-0.1, -0.05) is 12.1 Å². The van der Waals surface area contributed by atoms with Crippen molar-refractivity contribution < 1.29 is 18.0 Å². The molecule has 1 aromatic heterocycles. The molecule has 1 unspecified atom stereocenters. The molecule has 1 amide bonds. The van der Waals surface area contributed by atoms with Crippen LogP contribution in [0.4, 0.5) is 18.9 Å². The molecule has 1 aliphatic heterocycles. The van der Waals surface area contributed by atoms with E-state index in [0.717, 1.165) is 36.5 Å². The standard InChI is InChI=1S/C20H22F3N3O/c1-13-3-8-18(11-24-13)26-10-9-17(12-26)25-19(27)14(2)15-4-6-16(7-5-15)20(21,22)23/h3-8,11,14,17H,9-10,12H2,1-2H3,(H,25,27)/t14?,17-/m1/s1. The van der Waals surface area contributed by atoms with Gasteiger partial charge in [-0.2, -0.15) is 13.2 Å². The smallest absolute Gasteiger partial charge is 0.368 e. The van der Waals surface area contributed by atoms with Crippen molar-refractivity contribution in [1.82, 2.24) is 10.3 Å². The Morgan fingerprint density at radius 1 is 1.22 bits per heavy atom. The molecule has 0 saturated carbocycles. The summed E-state index contributed by atoms with van der Waals surface area (Å²) in [6.07, 6.45) is -1.73. The number of aryl methyl sites for hydroxylation is 1. The van der Waals surface area contributed by atoms with E-state index in [1.165, 1.54) is 12.1 Å². The number of halogens is 3. The number of nitrogens with zero attached hydrogens (tertiary/aromatic N) is 2. The molecule has 1 aromatic carbocycles. The second-order valence-corrected chi connectivity index (χ2v) is 6.94. The lowest BCUT2D eigenvalue weighted by molar-refractivity contribution is -0.137. The molecule has 1 N–H and O–H groups in total. The molecule has 0 aliphatic carbocycles. The van der Waals surface area contributed by atoms with E-state index in [2.05, 4.69) is 15.2 Å². The summed E-state index contributed by atoms with van der Waals surface area (Å²) in [5, 5.41) is 3.01. The molecule has 1 saturated heterocycles. The Morgan fingerprint density at radius 3 is 2.52 bits per heavy atom. The van der Waals surface area contributed by atoms with Gasteiger partial charge in [-0.05, 0) is 50.1 Å². The number of amides is 1. The minimum atomic E-state index is -4.37. The van der Waals surface area contributed by atoms with Gasteiger partial charge in [-0.15, -0.1) is 0 Å². The minimum Gasteiger partial charge on any atom is -0.368 e. The number of hydrogen-bond donors (Lipinski definition) is 1. The number of alkyl halides is 3. The van der Waals surface area contributed by atoms with Crippen LogP contribution < -0.4 is 10.2 Å². The van der Waals surface area contributed by atoms with E-state index in [-0.39, 0.29) is 11.9 Å². The lowest BCUT2D eigenvalue weighted by atomic mass is 9.98. The Morgan fingerprint density at radius 2 is 1.93 bits per heavy atom. The predicted octanol–water partition coefficient (Wildman–Crippen LogP) is 3.91. The van der Waals surface area contributed by atoms with Gasteiger partial charge >= 0.3 is 6.18 Å². The fourth-order valence-corrected chi connectivity index (χ4v) is 3.20. The van der Waals surface area contributed by atoms with Crippen molar-refractivity contribution in [1.29, 1.82) is 0 Å². The summed E-state index contributed by atoms with van der Waals surface area (Å²) in [5.41, 5.74) is 1.83. The van der Waals surface area contributed by atoms with Gasteiger partial charge in [0.05, 0.1) is 23.4 Å². The van der Waals surface area contributed by atoms with Gasteiger partial charge in [0, 0.05) is 24.8 Å². The first-order chi connectivity index (χ1) is 12.7. The van der Waals surface area contributed by atoms with Crippen molar-refractivity contribution in [2.75, 3.05) is 18.0 Å². The number of carbonyl (C=O) groups excluding carboxylic acids is 1. The molecule has 27 heavy (non-hydrogen) atoms. The third-order valence-electron chi connectivity index (χ3n) is 4.93. The fourth-order valence-electron chi connectivity index (χ4n) is 3.20. The van der Waals surface area contributed by atoms with Crippen LogP contribution in [0.25, 0.3) is 0 Å². The summed E-state index contributed by atoms with van der Waals surface area (Å²) < 4.78 is 38.0. The quantitative estimate of drug-likeness (QED) is 0.879. The first-order valence-electron chi connectivity index (χ1n) is 8.89. The highest BCUT2D eigenvalue weighted by atomic mass is 19.4. The van der Waals surface area contributed by atoms with E-state index in [1.54, 1.807) is 6.92 Å². The lowest BCUT2D eigenvalue weighted by Crippen LogP contribution is -2.39. The number of hydrogen-bond acceptors (Lipinski definition) is 3. The van der Waals surface area contributed by atoms with Gasteiger partial charge in [-0.25, -0.2) is 0 Å². The van der Waals surface area contributed by atoms with Crippen LogP contribution in [-0.2, 0) is 11.0 Å². The minimum absolute atomic E-state index is 0.00991. The van der Waals surface area contributed by atoms with Crippen molar-refractivity contribution >= 4 is 11.6 Å². The van der Waals surface area contributed by atoms with E-state index in [9.17, 15) is 18.0 Å². The number of carbonyl (C=O) groups is 1. The molecule has 0 radical (unpaired) electrons. The highest BCUT2D eigenvalue weighted by Gasteiger charge is 2.31. The molecule has 0 bridgehead atoms. The molecule has 144 valence electrons. The summed E-state index contributed by atoms with van der Waals surface area (Å²) >= 11 is 0. The number of aromatic nitrogens is 1. The van der Waals surface area contributed by atoms with Crippen molar-refractivity contribution in [3.63, 3.8) is 0 Å². The molecule has 3 rings (SSSR count). The molecular formula is C20H22F3N3O. The average Bonchev–Trinajstić information content (AvgIpc) is 3.09. The summed E-state index contributed by atoms with van der Waals surface area (Å²) in [6, 6.07) is 8.74. The number of pyridine rings is 1. The van der Waals surface area contributed by atoms with E-state index in [0.29, 0.717) is 12.1 Å². The number of anilines is 1. The van der Waals surface area contributed by atoms with Crippen molar-refractivity contribution in [2.45, 2.75) is 38.4 Å². The Balaban J connectivity index is 1.58. The fraction of sp³-hybridized carbons (Fsp3) is 0.400. The summed E-state index contributed by atoms with van der Waals surface area (Å²) in [5.74, 6) is -0.689. The predicted molar refractivity (Wildman–Crippen MR) is 97.6 cm³/mol. The Bertz CT molecular complexity index is 788. The van der Waals surface area contributed by atoms with E-state index in [1.807, 2.05) is 25.3 Å². The molecule has 1 aliphatic rings. The van der Waals surface area contributed by atoms with Crippen LogP contribution in [0.5, 0.6) is 0 Å². The third-order valence-corrected chi connectivity index (χ3v) is 4.93. The van der Waals surface area contributed by atoms with Crippen LogP contribution in [0.1, 0.15) is 36.1 Å². The van der Waals surface area contributed by atoms with Gasteiger partial charge in [-0.3, -0.25) is 9.78 Å². The molecule has 4 nitrogen and oxygen atoms in total. The monoisotopic (exact) mass is 377 g/mol. The maximum Gasteiger partial charge on any atom is 0.416 e. The van der Waals surface area contributed by atoms with Crippen molar-refractivity contribution in [3.05, 3.63) is 59.4 Å². The molecule has 1 fully saturated rings. The van der Waals surface area contributed by atoms with Crippen LogP contribution in [0, 0.1) is 6.92 Å². The zero-order valence-corrected chi connectivity index (χ0v) is 15.3. The molecule has 7 heteroatoms. The van der Waals surface area contributed by atoms with Gasteiger partial charge in [0.15, 0.2) is 0 Å². The second-order valence-electron chi connectivity index (χ2n) is 6.94. The van der Waals surface area contributed by atoms with Crippen LogP contribution >= 0.6 is 0 Å². The summed E-state index contributed by atoms with van der Waals surface area (Å²) in [7, 11) is 0. The summed E-state index contributed by atoms with van der Waals surface area (Å²) in [6.45, 7) is 5.15. The Kier molecular flexibility index (Phi) is 5.39. The van der Waals surface area contributed by atoms with Crippen LogP contribution in [0.2, 0.25) is 0 Å². The first kappa shape index (κ1) is 19.2. The summed E-state index contributed by atoms with van der Waals surface area (Å²) in [4.78, 5) is 19.0. The first-order valence-corrected chi connectivity index (χ1v) is 8.89. The lowest BCUT2D eigenvalue weighted by Gasteiger charge is -2.20. The Labute approximate surface area is 156 Å². The SMILES string of the molecule is Cc1ccc(N2CC[C@@H](NC(=O)C(C)c3ccc(C(F)(F)F)cc3)C2)cn1. The number of rotatable bonds is 4. The topological polar surface area (TPSA) is 45.2 Å². The van der Waals surface area contributed by atoms with Crippen LogP contribution in [0.3, 0.4) is 0 Å². The maximum atomic E-state index is 12.7. The molecule has 0 spiro atoms.